The van der Waals surface area contributed by atoms with E-state index >= 15 is 0 Å². The minimum Gasteiger partial charge on any atom is -0.444 e. The first-order chi connectivity index (χ1) is 18.7. The van der Waals surface area contributed by atoms with Crippen LogP contribution < -0.4 is 16.0 Å². The van der Waals surface area contributed by atoms with Crippen LogP contribution in [-0.2, 0) is 33.8 Å². The number of fused-ring (bicyclic) bond motifs is 2. The molecule has 0 aromatic heterocycles. The van der Waals surface area contributed by atoms with Crippen LogP contribution in [0.5, 0.6) is 0 Å². The molecule has 0 aliphatic carbocycles. The predicted octanol–water partition coefficient (Wildman–Crippen LogP) is 1.20. The number of rotatable bonds is 8. The maximum absolute atomic E-state index is 12.5. The van der Waals surface area contributed by atoms with Gasteiger partial charge in [-0.3, -0.25) is 25.4 Å². The fourth-order valence-corrected chi connectivity index (χ4v) is 4.10. The van der Waals surface area contributed by atoms with Crippen molar-refractivity contribution in [2.75, 3.05) is 13.2 Å². The Labute approximate surface area is 237 Å². The molecular formula is C22H37N7O11S. The molecule has 2 aliphatic heterocycles. The SMILES string of the molecule is CC(C)(C)OC(=O)NC(=NOCCCC(=O)NC(=N)[C@@H]1CC[C@@H]2CN1C(=O)N2OS(=O)(=O)O)NC(=O)OC(C)(C)C. The summed E-state index contributed by atoms with van der Waals surface area (Å²) in [6, 6.07) is -2.29. The summed E-state index contributed by atoms with van der Waals surface area (Å²) >= 11 is 0. The Kier molecular flexibility index (Phi) is 10.9. The molecule has 0 radical (unpaired) electrons. The van der Waals surface area contributed by atoms with Gasteiger partial charge in [-0.25, -0.2) is 14.4 Å². The zero-order valence-electron chi connectivity index (χ0n) is 23.7. The average Bonchev–Trinajstić information content (AvgIpc) is 2.99. The van der Waals surface area contributed by atoms with Crippen molar-refractivity contribution in [3.05, 3.63) is 0 Å². The van der Waals surface area contributed by atoms with E-state index in [2.05, 4.69) is 25.4 Å². The van der Waals surface area contributed by atoms with Crippen LogP contribution in [0.15, 0.2) is 5.16 Å². The summed E-state index contributed by atoms with van der Waals surface area (Å²) in [5, 5.41) is 19.3. The molecule has 0 aromatic rings. The molecule has 2 fully saturated rings. The van der Waals surface area contributed by atoms with Gasteiger partial charge in [-0.2, -0.15) is 13.5 Å². The van der Waals surface area contributed by atoms with Gasteiger partial charge in [-0.15, -0.1) is 4.28 Å². The highest BCUT2D eigenvalue weighted by Crippen LogP contribution is 2.30. The van der Waals surface area contributed by atoms with Crippen LogP contribution in [0.1, 0.15) is 67.2 Å². The smallest absolute Gasteiger partial charge is 0.418 e. The highest BCUT2D eigenvalue weighted by molar-refractivity contribution is 7.80. The molecule has 232 valence electrons. The second kappa shape index (κ2) is 13.3. The van der Waals surface area contributed by atoms with Crippen LogP contribution in [0, 0.1) is 5.41 Å². The van der Waals surface area contributed by atoms with E-state index < -0.39 is 63.8 Å². The number of carbonyl (C=O) groups excluding carboxylic acids is 4. The van der Waals surface area contributed by atoms with Crippen LogP contribution in [0.4, 0.5) is 14.4 Å². The van der Waals surface area contributed by atoms with Crippen LogP contribution in [0.3, 0.4) is 0 Å². The quantitative estimate of drug-likeness (QED) is 0.0863. The van der Waals surface area contributed by atoms with E-state index in [1.165, 1.54) is 4.90 Å². The van der Waals surface area contributed by atoms with Gasteiger partial charge in [-0.1, -0.05) is 0 Å². The van der Waals surface area contributed by atoms with Gasteiger partial charge in [0.1, 0.15) is 23.6 Å². The van der Waals surface area contributed by atoms with E-state index in [1.54, 1.807) is 41.5 Å². The number of amides is 5. The maximum atomic E-state index is 12.5. The molecule has 2 saturated heterocycles. The second-order valence-electron chi connectivity index (χ2n) is 11.1. The van der Waals surface area contributed by atoms with E-state index in [-0.39, 0.29) is 44.7 Å². The van der Waals surface area contributed by atoms with Crippen molar-refractivity contribution < 1.29 is 50.7 Å². The van der Waals surface area contributed by atoms with Gasteiger partial charge < -0.3 is 24.5 Å². The third-order valence-corrected chi connectivity index (χ3v) is 5.49. The molecule has 0 spiro atoms. The van der Waals surface area contributed by atoms with Gasteiger partial charge >= 0.3 is 28.6 Å². The van der Waals surface area contributed by atoms with Gasteiger partial charge in [0.2, 0.25) is 5.91 Å². The van der Waals surface area contributed by atoms with E-state index in [0.29, 0.717) is 5.06 Å². The van der Waals surface area contributed by atoms with Gasteiger partial charge in [0.15, 0.2) is 0 Å². The number of hydroxylamine groups is 2. The van der Waals surface area contributed by atoms with Gasteiger partial charge in [0.05, 0.1) is 12.1 Å². The molecule has 5 N–H and O–H groups in total. The zero-order valence-corrected chi connectivity index (χ0v) is 24.5. The number of piperidine rings is 1. The molecule has 2 rings (SSSR count). The first-order valence-corrected chi connectivity index (χ1v) is 14.0. The molecule has 0 saturated carbocycles. The topological polar surface area (TPSA) is 238 Å². The second-order valence-corrected chi connectivity index (χ2v) is 12.1. The summed E-state index contributed by atoms with van der Waals surface area (Å²) in [7, 11) is -4.90. The van der Waals surface area contributed by atoms with Crippen molar-refractivity contribution in [1.29, 1.82) is 5.41 Å². The van der Waals surface area contributed by atoms with Crippen molar-refractivity contribution in [2.45, 2.75) is 90.5 Å². The highest BCUT2D eigenvalue weighted by atomic mass is 32.3. The summed E-state index contributed by atoms with van der Waals surface area (Å²) in [6.07, 6.45) is -1.26. The lowest BCUT2D eigenvalue weighted by molar-refractivity contribution is -0.120. The standard InChI is InChI=1S/C22H37N7O11S/c1-21(2,3)38-18(31)25-17(26-19(32)39-22(4,5)6)27-37-11-7-8-15(30)24-16(23)14-10-9-13-12-28(14)20(33)29(13)40-41(34,35)36/h13-14H,7-12H2,1-6H3,(H2,23,24,30)(H,34,35,36)(H2,25,26,27,31,32)/t13-,14+/m1/s1. The Hall–Kier alpha value is -3.71. The van der Waals surface area contributed by atoms with Crippen LogP contribution in [0.2, 0.25) is 0 Å². The number of nitrogens with one attached hydrogen (secondary N) is 4. The van der Waals surface area contributed by atoms with E-state index in [0.717, 1.165) is 0 Å². The Morgan fingerprint density at radius 3 is 2.10 bits per heavy atom. The third kappa shape index (κ3) is 11.7. The zero-order chi connectivity index (χ0) is 31.2. The van der Waals surface area contributed by atoms with Crippen molar-refractivity contribution in [1.82, 2.24) is 25.9 Å². The number of urea groups is 1. The Balaban J connectivity index is 1.85. The monoisotopic (exact) mass is 607 g/mol. The lowest BCUT2D eigenvalue weighted by atomic mass is 10.00. The minimum atomic E-state index is -4.90. The van der Waals surface area contributed by atoms with Gasteiger partial charge in [0, 0.05) is 13.0 Å². The lowest BCUT2D eigenvalue weighted by Gasteiger charge is -2.30. The molecule has 2 heterocycles. The van der Waals surface area contributed by atoms with Crippen molar-refractivity contribution >= 4 is 46.3 Å². The summed E-state index contributed by atoms with van der Waals surface area (Å²) in [5.41, 5.74) is -1.64. The molecule has 0 aromatic carbocycles. The summed E-state index contributed by atoms with van der Waals surface area (Å²) in [4.78, 5) is 55.3. The van der Waals surface area contributed by atoms with Gasteiger partial charge in [0.25, 0.3) is 5.96 Å². The van der Waals surface area contributed by atoms with E-state index in [1.807, 2.05) is 0 Å². The number of carbonyl (C=O) groups is 4. The Bertz CT molecular complexity index is 1130. The fraction of sp³-hybridized carbons (Fsp3) is 0.727. The van der Waals surface area contributed by atoms with E-state index in [9.17, 15) is 27.6 Å². The molecule has 2 bridgehead atoms. The Morgan fingerprint density at radius 2 is 1.59 bits per heavy atom. The molecule has 19 heteroatoms. The number of ether oxygens (including phenoxy) is 2. The maximum Gasteiger partial charge on any atom is 0.418 e. The molecule has 2 aliphatic rings. The molecule has 41 heavy (non-hydrogen) atoms. The third-order valence-electron chi connectivity index (χ3n) is 5.14. The number of hydrogen-bond acceptors (Lipinski definition) is 12. The minimum absolute atomic E-state index is 0.0557. The molecule has 5 amide bonds. The lowest BCUT2D eigenvalue weighted by Crippen LogP contribution is -2.50. The predicted molar refractivity (Wildman–Crippen MR) is 141 cm³/mol. The average molecular weight is 608 g/mol. The van der Waals surface area contributed by atoms with Crippen molar-refractivity contribution in [2.24, 2.45) is 5.16 Å². The van der Waals surface area contributed by atoms with Gasteiger partial charge in [-0.05, 0) is 66.0 Å². The van der Waals surface area contributed by atoms with Crippen molar-refractivity contribution in [3.8, 4) is 0 Å². The number of oxime groups is 1. The summed E-state index contributed by atoms with van der Waals surface area (Å²) < 4.78 is 45.5. The number of alkyl carbamates (subject to hydrolysis) is 2. The Morgan fingerprint density at radius 1 is 1.02 bits per heavy atom. The summed E-state index contributed by atoms with van der Waals surface area (Å²) in [5.74, 6) is -1.22. The summed E-state index contributed by atoms with van der Waals surface area (Å²) in [6.45, 7) is 9.81. The number of guanidine groups is 1. The molecule has 18 nitrogen and oxygen atoms in total. The highest BCUT2D eigenvalue weighted by Gasteiger charge is 2.48. The van der Waals surface area contributed by atoms with Crippen LogP contribution in [0.25, 0.3) is 0 Å². The normalized spacial score (nSPS) is 18.8. The van der Waals surface area contributed by atoms with Crippen LogP contribution >= 0.6 is 0 Å². The molecule has 2 atom stereocenters. The largest absolute Gasteiger partial charge is 0.444 e. The molecule has 0 unspecified atom stereocenters. The first kappa shape index (κ1) is 33.5. The number of hydrogen-bond donors (Lipinski definition) is 5. The first-order valence-electron chi connectivity index (χ1n) is 12.6. The van der Waals surface area contributed by atoms with Crippen LogP contribution in [-0.4, -0.2) is 95.3 Å². The number of amidine groups is 1. The molecular weight excluding hydrogens is 570 g/mol. The van der Waals surface area contributed by atoms with Crippen molar-refractivity contribution in [3.63, 3.8) is 0 Å². The fourth-order valence-electron chi connectivity index (χ4n) is 3.71. The number of nitrogens with zero attached hydrogens (tertiary/aromatic N) is 3. The van der Waals surface area contributed by atoms with E-state index in [4.69, 9.17) is 24.3 Å².